The second kappa shape index (κ2) is 36.3. The van der Waals surface area contributed by atoms with Gasteiger partial charge in [-0.15, -0.1) is 5.73 Å². The van der Waals surface area contributed by atoms with E-state index >= 15 is 0 Å². The molecule has 0 aromatic heterocycles. The Morgan fingerprint density at radius 2 is 1.11 bits per heavy atom. The minimum Gasteiger partial charge on any atom is -0.462 e. The molecule has 1 aliphatic heterocycles. The molecule has 0 aliphatic carbocycles. The third-order valence-electron chi connectivity index (χ3n) is 10.1. The minimum absolute atomic E-state index is 0.143. The van der Waals surface area contributed by atoms with Crippen LogP contribution in [0.1, 0.15) is 187 Å². The number of hydrogen-bond acceptors (Lipinski definition) is 10. The Morgan fingerprint density at radius 3 is 1.67 bits per heavy atom. The van der Waals surface area contributed by atoms with Crippen LogP contribution in [-0.2, 0) is 28.5 Å². The molecule has 0 aromatic carbocycles. The Kier molecular flexibility index (Phi) is 33.7. The van der Waals surface area contributed by atoms with Crippen molar-refractivity contribution in [3.05, 3.63) is 30.0 Å². The van der Waals surface area contributed by atoms with Crippen LogP contribution in [0.3, 0.4) is 0 Å². The molecule has 320 valence electrons. The first-order chi connectivity index (χ1) is 26.8. The van der Waals surface area contributed by atoms with Crippen molar-refractivity contribution in [3.63, 3.8) is 0 Å². The van der Waals surface area contributed by atoms with Crippen LogP contribution >= 0.6 is 0 Å². The summed E-state index contributed by atoms with van der Waals surface area (Å²) in [6, 6.07) is 0. The number of allylic oxidation sites excluding steroid dienone is 3. The Balaban J connectivity index is 2.38. The van der Waals surface area contributed by atoms with Crippen LogP contribution in [0, 0.1) is 0 Å². The molecule has 1 aliphatic rings. The molecule has 6 atom stereocenters. The molecule has 55 heavy (non-hydrogen) atoms. The molecule has 0 radical (unpaired) electrons. The average Bonchev–Trinajstić information content (AvgIpc) is 3.18. The monoisotopic (exact) mass is 781 g/mol. The summed E-state index contributed by atoms with van der Waals surface area (Å²) < 4.78 is 22.1. The quantitative estimate of drug-likeness (QED) is 0.0210. The first-order valence-corrected chi connectivity index (χ1v) is 22.2. The Bertz CT molecular complexity index is 1010. The van der Waals surface area contributed by atoms with Gasteiger partial charge in [0.2, 0.25) is 0 Å². The lowest BCUT2D eigenvalue weighted by molar-refractivity contribution is -0.305. The zero-order valence-corrected chi connectivity index (χ0v) is 34.7. The summed E-state index contributed by atoms with van der Waals surface area (Å²) >= 11 is 0. The van der Waals surface area contributed by atoms with Gasteiger partial charge in [0, 0.05) is 12.8 Å². The van der Waals surface area contributed by atoms with Gasteiger partial charge in [-0.2, -0.15) is 0 Å². The largest absolute Gasteiger partial charge is 0.462 e. The van der Waals surface area contributed by atoms with E-state index in [1.165, 1.54) is 96.3 Å². The molecular formula is C45H80O10. The van der Waals surface area contributed by atoms with Crippen molar-refractivity contribution in [3.8, 4) is 0 Å². The van der Waals surface area contributed by atoms with E-state index in [0.29, 0.717) is 12.8 Å². The first-order valence-electron chi connectivity index (χ1n) is 22.2. The van der Waals surface area contributed by atoms with Crippen LogP contribution in [0.2, 0.25) is 0 Å². The molecule has 2 unspecified atom stereocenters. The number of ether oxygens (including phenoxy) is 4. The van der Waals surface area contributed by atoms with E-state index in [4.69, 9.17) is 18.9 Å². The molecule has 10 heteroatoms. The van der Waals surface area contributed by atoms with E-state index in [1.807, 2.05) is 6.08 Å². The molecule has 1 saturated heterocycles. The van der Waals surface area contributed by atoms with Crippen molar-refractivity contribution in [2.45, 2.75) is 224 Å². The van der Waals surface area contributed by atoms with Crippen LogP contribution in [0.15, 0.2) is 30.0 Å². The highest BCUT2D eigenvalue weighted by Gasteiger charge is 2.44. The molecule has 10 nitrogen and oxygen atoms in total. The van der Waals surface area contributed by atoms with Crippen LogP contribution < -0.4 is 0 Å². The van der Waals surface area contributed by atoms with E-state index in [0.717, 1.165) is 51.4 Å². The second-order valence-corrected chi connectivity index (χ2v) is 15.2. The van der Waals surface area contributed by atoms with Gasteiger partial charge in [-0.25, -0.2) is 0 Å². The second-order valence-electron chi connectivity index (χ2n) is 15.2. The van der Waals surface area contributed by atoms with E-state index < -0.39 is 55.4 Å². The highest BCUT2D eigenvalue weighted by Crippen LogP contribution is 2.22. The predicted octanol–water partition coefficient (Wildman–Crippen LogP) is 9.10. The number of rotatable bonds is 36. The van der Waals surface area contributed by atoms with Crippen LogP contribution in [-0.4, -0.2) is 89.0 Å². The molecular weight excluding hydrogens is 700 g/mol. The fraction of sp³-hybridized carbons (Fsp3) is 0.844. The Morgan fingerprint density at radius 1 is 0.600 bits per heavy atom. The maximum Gasteiger partial charge on any atom is 0.306 e. The number of carbonyl (C=O) groups is 2. The van der Waals surface area contributed by atoms with Crippen molar-refractivity contribution in [1.29, 1.82) is 0 Å². The summed E-state index contributed by atoms with van der Waals surface area (Å²) in [5.74, 6) is -0.882. The van der Waals surface area contributed by atoms with Gasteiger partial charge < -0.3 is 39.4 Å². The number of carbonyl (C=O) groups excluding carboxylic acids is 2. The maximum atomic E-state index is 12.7. The van der Waals surface area contributed by atoms with Crippen molar-refractivity contribution < 1.29 is 49.0 Å². The lowest BCUT2D eigenvalue weighted by Crippen LogP contribution is -2.59. The van der Waals surface area contributed by atoms with Gasteiger partial charge in [0.25, 0.3) is 0 Å². The fourth-order valence-electron chi connectivity index (χ4n) is 6.54. The molecule has 1 fully saturated rings. The third-order valence-corrected chi connectivity index (χ3v) is 10.1. The third kappa shape index (κ3) is 28.1. The smallest absolute Gasteiger partial charge is 0.306 e. The van der Waals surface area contributed by atoms with Gasteiger partial charge in [-0.05, 0) is 63.5 Å². The van der Waals surface area contributed by atoms with Crippen LogP contribution in [0.4, 0.5) is 0 Å². The lowest BCUT2D eigenvalue weighted by atomic mass is 9.99. The number of aliphatic hydroxyl groups is 4. The van der Waals surface area contributed by atoms with Crippen molar-refractivity contribution >= 4 is 11.9 Å². The Hall–Kier alpha value is -2.04. The van der Waals surface area contributed by atoms with Gasteiger partial charge in [0.05, 0.1) is 13.2 Å². The molecule has 0 saturated carbocycles. The normalized spacial score (nSPS) is 20.3. The van der Waals surface area contributed by atoms with Gasteiger partial charge >= 0.3 is 11.9 Å². The Labute approximate surface area is 334 Å². The average molecular weight is 781 g/mol. The summed E-state index contributed by atoms with van der Waals surface area (Å²) in [7, 11) is 0. The summed E-state index contributed by atoms with van der Waals surface area (Å²) in [5, 5.41) is 40.0. The number of aliphatic hydroxyl groups excluding tert-OH is 4. The number of unbranched alkanes of at least 4 members (excludes halogenated alkanes) is 21. The maximum absolute atomic E-state index is 12.7. The topological polar surface area (TPSA) is 152 Å². The van der Waals surface area contributed by atoms with E-state index in [9.17, 15) is 30.0 Å². The zero-order valence-electron chi connectivity index (χ0n) is 34.7. The van der Waals surface area contributed by atoms with Crippen LogP contribution in [0.25, 0.3) is 0 Å². The van der Waals surface area contributed by atoms with Crippen molar-refractivity contribution in [1.82, 2.24) is 0 Å². The van der Waals surface area contributed by atoms with Gasteiger partial charge in [-0.1, -0.05) is 135 Å². The van der Waals surface area contributed by atoms with Crippen LogP contribution in [0.5, 0.6) is 0 Å². The van der Waals surface area contributed by atoms with Gasteiger partial charge in [0.15, 0.2) is 12.4 Å². The number of hydrogen-bond donors (Lipinski definition) is 4. The summed E-state index contributed by atoms with van der Waals surface area (Å²) in [5.41, 5.74) is 3.29. The predicted molar refractivity (Wildman–Crippen MR) is 218 cm³/mol. The van der Waals surface area contributed by atoms with Crippen molar-refractivity contribution in [2.75, 3.05) is 19.8 Å². The molecule has 1 rings (SSSR count). The van der Waals surface area contributed by atoms with E-state index in [2.05, 4.69) is 37.8 Å². The van der Waals surface area contributed by atoms with E-state index in [-0.39, 0.29) is 26.1 Å². The highest BCUT2D eigenvalue weighted by atomic mass is 16.7. The fourth-order valence-corrected chi connectivity index (χ4v) is 6.54. The molecule has 0 spiro atoms. The standard InChI is InChI=1S/C45H80O10/c1-3-5-7-9-11-13-15-17-19-21-23-25-27-29-31-33-40(47)52-36-38(37-53-45-44(51)43(50)42(49)39(35-46)55-45)54-41(48)34-32-30-28-26-24-22-20-18-16-14-12-10-8-6-4-2/h15,19,28,30,38-39,42-46,49-51H,3-14,16,18,20-27,29,31-37H2,1-2H3/b30-28+/t17?,38-,39-,42+,43?,44?,45-/m0/s1. The molecule has 1 heterocycles. The van der Waals surface area contributed by atoms with Crippen molar-refractivity contribution in [2.24, 2.45) is 0 Å². The van der Waals surface area contributed by atoms with Gasteiger partial charge in [0.1, 0.15) is 31.0 Å². The molecule has 4 N–H and O–H groups in total. The lowest BCUT2D eigenvalue weighted by Gasteiger charge is -2.39. The molecule has 0 aromatic rings. The minimum atomic E-state index is -1.60. The highest BCUT2D eigenvalue weighted by molar-refractivity contribution is 5.70. The molecule has 0 bridgehead atoms. The summed E-state index contributed by atoms with van der Waals surface area (Å²) in [4.78, 5) is 25.3. The first kappa shape index (κ1) is 51.0. The zero-order chi connectivity index (χ0) is 40.2. The molecule has 0 amide bonds. The van der Waals surface area contributed by atoms with Gasteiger partial charge in [-0.3, -0.25) is 9.59 Å². The van der Waals surface area contributed by atoms with E-state index in [1.54, 1.807) is 0 Å². The number of esters is 2. The summed E-state index contributed by atoms with van der Waals surface area (Å²) in [6.45, 7) is 3.35. The summed E-state index contributed by atoms with van der Waals surface area (Å²) in [6.07, 6.45) is 29.7. The SMILES string of the molecule is CCCCCCCC=C=CCCCCCCCC(=O)OC[C@@H](CO[C@H]1O[C@@H](CO)[C@@H](O)C(O)C1O)OC(=O)CC/C=C/CCCCCCCCCCCCC.